The molecule has 1 aliphatic rings. The topological polar surface area (TPSA) is 61.4 Å². The maximum Gasteiger partial charge on any atom is 0.227 e. The molecule has 0 heterocycles. The van der Waals surface area contributed by atoms with Gasteiger partial charge in [-0.1, -0.05) is 32.0 Å². The minimum atomic E-state index is -0.00422. The number of amides is 2. The van der Waals surface area contributed by atoms with Gasteiger partial charge in [0.15, 0.2) is 0 Å². The number of anilines is 1. The van der Waals surface area contributed by atoms with Crippen molar-refractivity contribution in [3.05, 3.63) is 29.3 Å². The number of carbonyl (C=O) groups excluding carboxylic acids is 2. The summed E-state index contributed by atoms with van der Waals surface area (Å²) in [5.41, 5.74) is 3.24. The number of hydrogen-bond acceptors (Lipinski definition) is 3. The van der Waals surface area contributed by atoms with E-state index in [1.54, 1.807) is 0 Å². The molecule has 27 heavy (non-hydrogen) atoms. The van der Waals surface area contributed by atoms with E-state index in [1.807, 2.05) is 33.2 Å². The predicted octanol–water partition coefficient (Wildman–Crippen LogP) is 3.54. The first kappa shape index (κ1) is 21.4. The minimum Gasteiger partial charge on any atom is -0.355 e. The van der Waals surface area contributed by atoms with Crippen LogP contribution in [0.3, 0.4) is 0 Å². The smallest absolute Gasteiger partial charge is 0.227 e. The van der Waals surface area contributed by atoms with Crippen LogP contribution in [0.2, 0.25) is 0 Å². The van der Waals surface area contributed by atoms with E-state index in [4.69, 9.17) is 0 Å². The molecule has 0 aliphatic heterocycles. The van der Waals surface area contributed by atoms with Crippen molar-refractivity contribution in [2.24, 2.45) is 11.8 Å². The van der Waals surface area contributed by atoms with Gasteiger partial charge in [0.1, 0.15) is 0 Å². The third-order valence-corrected chi connectivity index (χ3v) is 5.50. The van der Waals surface area contributed by atoms with Crippen LogP contribution in [0, 0.1) is 18.8 Å². The number of carbonyl (C=O) groups is 2. The molecule has 1 fully saturated rings. The number of aryl methyl sites for hydroxylation is 1. The highest BCUT2D eigenvalue weighted by Crippen LogP contribution is 2.32. The summed E-state index contributed by atoms with van der Waals surface area (Å²) < 4.78 is 0. The van der Waals surface area contributed by atoms with E-state index in [1.165, 1.54) is 5.56 Å². The number of rotatable bonds is 7. The van der Waals surface area contributed by atoms with E-state index in [9.17, 15) is 9.59 Å². The summed E-state index contributed by atoms with van der Waals surface area (Å²) in [7, 11) is 3.99. The van der Waals surface area contributed by atoms with Gasteiger partial charge < -0.3 is 15.5 Å². The Hall–Kier alpha value is -1.88. The molecule has 1 aromatic carbocycles. The fourth-order valence-corrected chi connectivity index (χ4v) is 3.73. The molecule has 0 radical (unpaired) electrons. The van der Waals surface area contributed by atoms with Crippen LogP contribution in [0.15, 0.2) is 18.2 Å². The first-order chi connectivity index (χ1) is 12.8. The van der Waals surface area contributed by atoms with Crippen molar-refractivity contribution in [1.82, 2.24) is 10.2 Å². The van der Waals surface area contributed by atoms with Gasteiger partial charge >= 0.3 is 0 Å². The van der Waals surface area contributed by atoms with Crippen LogP contribution in [-0.4, -0.2) is 43.9 Å². The lowest BCUT2D eigenvalue weighted by atomic mass is 9.81. The Kier molecular flexibility index (Phi) is 7.84. The zero-order valence-corrected chi connectivity index (χ0v) is 17.5. The molecule has 150 valence electrons. The number of nitrogens with one attached hydrogen (secondary N) is 2. The van der Waals surface area contributed by atoms with E-state index in [2.05, 4.69) is 35.4 Å². The molecule has 0 aromatic heterocycles. The van der Waals surface area contributed by atoms with Gasteiger partial charge in [0, 0.05) is 30.6 Å². The lowest BCUT2D eigenvalue weighted by Gasteiger charge is -2.28. The summed E-state index contributed by atoms with van der Waals surface area (Å²) in [5.74, 6) is 0.632. The molecule has 0 unspecified atom stereocenters. The summed E-state index contributed by atoms with van der Waals surface area (Å²) in [6.07, 6.45) is 3.13. The fourth-order valence-electron chi connectivity index (χ4n) is 3.73. The SMILES string of the molecule is Cc1cccc(C(C)C)c1NC(=O)C1CCC(C(=O)NCCN(C)C)CC1. The molecule has 1 aliphatic carbocycles. The van der Waals surface area contributed by atoms with Crippen LogP contribution in [0.4, 0.5) is 5.69 Å². The minimum absolute atomic E-state index is 0.00422. The van der Waals surface area contributed by atoms with Crippen molar-refractivity contribution < 1.29 is 9.59 Å². The van der Waals surface area contributed by atoms with E-state index in [0.29, 0.717) is 12.5 Å². The Bertz CT molecular complexity index is 647. The maximum atomic E-state index is 12.8. The lowest BCUT2D eigenvalue weighted by molar-refractivity contribution is -0.128. The van der Waals surface area contributed by atoms with Crippen LogP contribution in [0.5, 0.6) is 0 Å². The Labute approximate surface area is 163 Å². The van der Waals surface area contributed by atoms with Gasteiger partial charge in [-0.15, -0.1) is 0 Å². The molecule has 5 heteroatoms. The molecule has 5 nitrogen and oxygen atoms in total. The largest absolute Gasteiger partial charge is 0.355 e. The zero-order valence-electron chi connectivity index (χ0n) is 17.5. The van der Waals surface area contributed by atoms with Crippen molar-refractivity contribution >= 4 is 17.5 Å². The Balaban J connectivity index is 1.88. The van der Waals surface area contributed by atoms with Gasteiger partial charge in [0.05, 0.1) is 0 Å². The Morgan fingerprint density at radius 3 is 2.22 bits per heavy atom. The molecule has 1 aromatic rings. The maximum absolute atomic E-state index is 12.8. The molecule has 1 saturated carbocycles. The van der Waals surface area contributed by atoms with Crippen molar-refractivity contribution in [1.29, 1.82) is 0 Å². The second kappa shape index (κ2) is 9.88. The van der Waals surface area contributed by atoms with Gasteiger partial charge in [0.25, 0.3) is 0 Å². The average Bonchev–Trinajstić information content (AvgIpc) is 2.62. The highest BCUT2D eigenvalue weighted by Gasteiger charge is 2.30. The van der Waals surface area contributed by atoms with Gasteiger partial charge in [-0.3, -0.25) is 9.59 Å². The summed E-state index contributed by atoms with van der Waals surface area (Å²) in [5, 5.41) is 6.19. The van der Waals surface area contributed by atoms with Crippen LogP contribution >= 0.6 is 0 Å². The summed E-state index contributed by atoms with van der Waals surface area (Å²) in [6.45, 7) is 7.85. The van der Waals surface area contributed by atoms with Crippen LogP contribution in [-0.2, 0) is 9.59 Å². The summed E-state index contributed by atoms with van der Waals surface area (Å²) in [4.78, 5) is 27.1. The Morgan fingerprint density at radius 1 is 1.07 bits per heavy atom. The molecular formula is C22H35N3O2. The fraction of sp³-hybridized carbons (Fsp3) is 0.636. The second-order valence-corrected chi connectivity index (χ2v) is 8.33. The second-order valence-electron chi connectivity index (χ2n) is 8.33. The molecule has 0 bridgehead atoms. The van der Waals surface area contributed by atoms with E-state index in [0.717, 1.165) is 43.5 Å². The number of hydrogen-bond donors (Lipinski definition) is 2. The molecule has 0 spiro atoms. The first-order valence-electron chi connectivity index (χ1n) is 10.1. The monoisotopic (exact) mass is 373 g/mol. The normalized spacial score (nSPS) is 20.0. The van der Waals surface area contributed by atoms with Gasteiger partial charge in [-0.05, 0) is 63.7 Å². The summed E-state index contributed by atoms with van der Waals surface area (Å²) >= 11 is 0. The number of likely N-dealkylation sites (N-methyl/N-ethyl adjacent to an activating group) is 1. The third-order valence-electron chi connectivity index (χ3n) is 5.50. The van der Waals surface area contributed by atoms with Crippen LogP contribution in [0.25, 0.3) is 0 Å². The highest BCUT2D eigenvalue weighted by atomic mass is 16.2. The van der Waals surface area contributed by atoms with Crippen molar-refractivity contribution in [2.75, 3.05) is 32.5 Å². The molecule has 2 N–H and O–H groups in total. The van der Waals surface area contributed by atoms with Gasteiger partial charge in [0.2, 0.25) is 11.8 Å². The van der Waals surface area contributed by atoms with Crippen LogP contribution < -0.4 is 10.6 Å². The first-order valence-corrected chi connectivity index (χ1v) is 10.1. The van der Waals surface area contributed by atoms with Gasteiger partial charge in [-0.2, -0.15) is 0 Å². The molecular weight excluding hydrogens is 338 g/mol. The number of nitrogens with zero attached hydrogens (tertiary/aromatic N) is 1. The van der Waals surface area contributed by atoms with E-state index in [-0.39, 0.29) is 23.7 Å². The van der Waals surface area contributed by atoms with Gasteiger partial charge in [-0.25, -0.2) is 0 Å². The van der Waals surface area contributed by atoms with Crippen LogP contribution in [0.1, 0.15) is 56.6 Å². The molecule has 0 saturated heterocycles. The van der Waals surface area contributed by atoms with Crippen molar-refractivity contribution in [3.8, 4) is 0 Å². The van der Waals surface area contributed by atoms with E-state index >= 15 is 0 Å². The molecule has 2 rings (SSSR count). The lowest BCUT2D eigenvalue weighted by Crippen LogP contribution is -2.38. The summed E-state index contributed by atoms with van der Waals surface area (Å²) in [6, 6.07) is 6.17. The zero-order chi connectivity index (χ0) is 20.0. The molecule has 2 amide bonds. The van der Waals surface area contributed by atoms with Crippen molar-refractivity contribution in [3.63, 3.8) is 0 Å². The standard InChI is InChI=1S/C22H35N3O2/c1-15(2)19-8-6-7-16(3)20(19)24-22(27)18-11-9-17(10-12-18)21(26)23-13-14-25(4)5/h6-8,15,17-18H,9-14H2,1-5H3,(H,23,26)(H,24,27). The quantitative estimate of drug-likeness (QED) is 0.768. The highest BCUT2D eigenvalue weighted by molar-refractivity contribution is 5.94. The molecule has 0 atom stereocenters. The average molecular weight is 374 g/mol. The predicted molar refractivity (Wildman–Crippen MR) is 111 cm³/mol. The number of benzene rings is 1. The Morgan fingerprint density at radius 2 is 1.67 bits per heavy atom. The third kappa shape index (κ3) is 6.06. The van der Waals surface area contributed by atoms with E-state index < -0.39 is 0 Å². The van der Waals surface area contributed by atoms with Crippen molar-refractivity contribution in [2.45, 2.75) is 52.4 Å². The number of para-hydroxylation sites is 1.